The molecule has 1 aromatic carbocycles. The molecule has 2 atom stereocenters. The monoisotopic (exact) mass is 348 g/mol. The maximum Gasteiger partial charge on any atom is 0.222 e. The van der Waals surface area contributed by atoms with Crippen molar-refractivity contribution in [1.82, 2.24) is 21.2 Å². The van der Waals surface area contributed by atoms with Gasteiger partial charge in [0.15, 0.2) is 5.76 Å². The third-order valence-electron chi connectivity index (χ3n) is 3.99. The van der Waals surface area contributed by atoms with E-state index in [9.17, 15) is 4.79 Å². The van der Waals surface area contributed by atoms with Crippen molar-refractivity contribution in [3.63, 3.8) is 0 Å². The normalized spacial score (nSPS) is 20.3. The van der Waals surface area contributed by atoms with Crippen LogP contribution in [0.15, 0.2) is 28.7 Å². The van der Waals surface area contributed by atoms with Crippen molar-refractivity contribution in [2.24, 2.45) is 0 Å². The van der Waals surface area contributed by atoms with Gasteiger partial charge in [-0.3, -0.25) is 15.6 Å². The van der Waals surface area contributed by atoms with Crippen LogP contribution >= 0.6 is 11.6 Å². The molecule has 0 saturated carbocycles. The minimum atomic E-state index is -0.0210. The lowest BCUT2D eigenvalue weighted by Gasteiger charge is -2.08. The quantitative estimate of drug-likeness (QED) is 0.774. The number of rotatable bonds is 5. The van der Waals surface area contributed by atoms with E-state index in [1.807, 2.05) is 31.2 Å². The van der Waals surface area contributed by atoms with Gasteiger partial charge >= 0.3 is 0 Å². The summed E-state index contributed by atoms with van der Waals surface area (Å²) in [6.45, 7) is 4.25. The van der Waals surface area contributed by atoms with E-state index in [2.05, 4.69) is 28.1 Å². The van der Waals surface area contributed by atoms with Crippen molar-refractivity contribution in [1.29, 1.82) is 0 Å². The summed E-state index contributed by atoms with van der Waals surface area (Å²) in [5, 5.41) is 3.53. The lowest BCUT2D eigenvalue weighted by atomic mass is 10.1. The van der Waals surface area contributed by atoms with Gasteiger partial charge in [0.05, 0.1) is 12.2 Å². The number of benzene rings is 1. The number of aryl methyl sites for hydroxylation is 1. The van der Waals surface area contributed by atoms with E-state index in [4.69, 9.17) is 16.0 Å². The SMILES string of the molecule is Cc1nc(CNC(=O)CC2CC(C)NN2)oc1-c1ccc(Cl)cc1. The summed E-state index contributed by atoms with van der Waals surface area (Å²) in [6, 6.07) is 7.94. The fraction of sp³-hybridized carbons (Fsp3) is 0.412. The van der Waals surface area contributed by atoms with Crippen molar-refractivity contribution in [2.75, 3.05) is 0 Å². The van der Waals surface area contributed by atoms with Gasteiger partial charge < -0.3 is 9.73 Å². The number of hydrogen-bond donors (Lipinski definition) is 3. The Kier molecular flexibility index (Phi) is 5.18. The van der Waals surface area contributed by atoms with Crippen LogP contribution in [0.4, 0.5) is 0 Å². The zero-order chi connectivity index (χ0) is 17.1. The molecule has 3 rings (SSSR count). The van der Waals surface area contributed by atoms with Gasteiger partial charge in [0, 0.05) is 29.1 Å². The minimum absolute atomic E-state index is 0.0210. The number of halogens is 1. The Morgan fingerprint density at radius 3 is 2.79 bits per heavy atom. The highest BCUT2D eigenvalue weighted by molar-refractivity contribution is 6.30. The molecule has 3 N–H and O–H groups in total. The minimum Gasteiger partial charge on any atom is -0.438 e. The van der Waals surface area contributed by atoms with Crippen LogP contribution in [-0.2, 0) is 11.3 Å². The summed E-state index contributed by atoms with van der Waals surface area (Å²) < 4.78 is 5.78. The van der Waals surface area contributed by atoms with Crippen LogP contribution in [0, 0.1) is 6.92 Å². The standard InChI is InChI=1S/C17H21ClN4O2/c1-10-7-14(22-21-10)8-15(23)19-9-16-20-11(2)17(24-16)12-3-5-13(18)6-4-12/h3-6,10,14,21-22H,7-9H2,1-2H3,(H,19,23). The maximum atomic E-state index is 12.0. The third kappa shape index (κ3) is 4.14. The summed E-state index contributed by atoms with van der Waals surface area (Å²) >= 11 is 5.90. The molecular formula is C17H21ClN4O2. The van der Waals surface area contributed by atoms with Crippen molar-refractivity contribution in [3.05, 3.63) is 40.9 Å². The van der Waals surface area contributed by atoms with Crippen LogP contribution in [-0.4, -0.2) is 23.0 Å². The first-order chi connectivity index (χ1) is 11.5. The number of nitrogens with one attached hydrogen (secondary N) is 3. The molecule has 2 aromatic rings. The molecule has 1 aromatic heterocycles. The Hall–Kier alpha value is -1.89. The molecule has 1 fully saturated rings. The summed E-state index contributed by atoms with van der Waals surface area (Å²) in [5.41, 5.74) is 7.93. The Labute approximate surface area is 146 Å². The molecule has 1 saturated heterocycles. The predicted molar refractivity (Wildman–Crippen MR) is 92.3 cm³/mol. The number of oxazole rings is 1. The average molecular weight is 349 g/mol. The summed E-state index contributed by atoms with van der Waals surface area (Å²) in [5.74, 6) is 1.18. The molecular weight excluding hydrogens is 328 g/mol. The van der Waals surface area contributed by atoms with Crippen LogP contribution in [0.5, 0.6) is 0 Å². The Balaban J connectivity index is 1.57. The maximum absolute atomic E-state index is 12.0. The summed E-state index contributed by atoms with van der Waals surface area (Å²) in [7, 11) is 0. The van der Waals surface area contributed by atoms with Gasteiger partial charge in [-0.2, -0.15) is 0 Å². The highest BCUT2D eigenvalue weighted by Gasteiger charge is 2.22. The molecule has 1 amide bonds. The first-order valence-electron chi connectivity index (χ1n) is 8.01. The molecule has 0 bridgehead atoms. The Morgan fingerprint density at radius 1 is 1.38 bits per heavy atom. The average Bonchev–Trinajstić information content (AvgIpc) is 3.12. The van der Waals surface area contributed by atoms with Crippen LogP contribution < -0.4 is 16.2 Å². The molecule has 0 aliphatic carbocycles. The molecule has 2 heterocycles. The first kappa shape index (κ1) is 17.0. The Morgan fingerprint density at radius 2 is 2.12 bits per heavy atom. The lowest BCUT2D eigenvalue weighted by Crippen LogP contribution is -2.36. The van der Waals surface area contributed by atoms with E-state index in [-0.39, 0.29) is 18.5 Å². The van der Waals surface area contributed by atoms with Crippen molar-refractivity contribution < 1.29 is 9.21 Å². The van der Waals surface area contributed by atoms with Gasteiger partial charge in [-0.1, -0.05) is 11.6 Å². The molecule has 7 heteroatoms. The third-order valence-corrected chi connectivity index (χ3v) is 4.24. The summed E-state index contributed by atoms with van der Waals surface area (Å²) in [6.07, 6.45) is 1.37. The van der Waals surface area contributed by atoms with E-state index in [1.54, 1.807) is 0 Å². The fourth-order valence-electron chi connectivity index (χ4n) is 2.81. The van der Waals surface area contributed by atoms with Crippen molar-refractivity contribution in [2.45, 2.75) is 45.3 Å². The van der Waals surface area contributed by atoms with Crippen molar-refractivity contribution in [3.8, 4) is 11.3 Å². The number of carbonyl (C=O) groups excluding carboxylic acids is 1. The van der Waals surface area contributed by atoms with Crippen LogP contribution in [0.3, 0.4) is 0 Å². The van der Waals surface area contributed by atoms with E-state index in [1.165, 1.54) is 0 Å². The van der Waals surface area contributed by atoms with Gasteiger partial charge in [-0.15, -0.1) is 0 Å². The molecule has 0 radical (unpaired) electrons. The molecule has 128 valence electrons. The second-order valence-corrected chi connectivity index (χ2v) is 6.57. The zero-order valence-electron chi connectivity index (χ0n) is 13.7. The highest BCUT2D eigenvalue weighted by Crippen LogP contribution is 2.25. The number of nitrogens with zero attached hydrogens (tertiary/aromatic N) is 1. The van der Waals surface area contributed by atoms with E-state index < -0.39 is 0 Å². The second kappa shape index (κ2) is 7.34. The molecule has 1 aliphatic rings. The lowest BCUT2D eigenvalue weighted by molar-refractivity contribution is -0.121. The Bertz CT molecular complexity index is 714. The van der Waals surface area contributed by atoms with Crippen LogP contribution in [0.25, 0.3) is 11.3 Å². The van der Waals surface area contributed by atoms with E-state index in [0.717, 1.165) is 17.7 Å². The van der Waals surface area contributed by atoms with Crippen LogP contribution in [0.1, 0.15) is 31.4 Å². The fourth-order valence-corrected chi connectivity index (χ4v) is 2.93. The van der Waals surface area contributed by atoms with Crippen molar-refractivity contribution >= 4 is 17.5 Å². The summed E-state index contributed by atoms with van der Waals surface area (Å²) in [4.78, 5) is 16.4. The second-order valence-electron chi connectivity index (χ2n) is 6.13. The van der Waals surface area contributed by atoms with Gasteiger partial charge in [0.1, 0.15) is 0 Å². The topological polar surface area (TPSA) is 79.2 Å². The molecule has 1 aliphatic heterocycles. The number of hydrazine groups is 1. The van der Waals surface area contributed by atoms with Gasteiger partial charge in [-0.25, -0.2) is 4.98 Å². The molecule has 2 unspecified atom stereocenters. The number of aromatic nitrogens is 1. The van der Waals surface area contributed by atoms with Gasteiger partial charge in [-0.05, 0) is 44.5 Å². The number of hydrogen-bond acceptors (Lipinski definition) is 5. The first-order valence-corrected chi connectivity index (χ1v) is 8.39. The smallest absolute Gasteiger partial charge is 0.222 e. The predicted octanol–water partition coefficient (Wildman–Crippen LogP) is 2.56. The largest absolute Gasteiger partial charge is 0.438 e. The molecule has 24 heavy (non-hydrogen) atoms. The van der Waals surface area contributed by atoms with Crippen LogP contribution in [0.2, 0.25) is 5.02 Å². The van der Waals surface area contributed by atoms with Gasteiger partial charge in [0.25, 0.3) is 0 Å². The molecule has 6 nitrogen and oxygen atoms in total. The number of amides is 1. The molecule has 0 spiro atoms. The zero-order valence-corrected chi connectivity index (χ0v) is 14.5. The number of carbonyl (C=O) groups is 1. The van der Waals surface area contributed by atoms with Gasteiger partial charge in [0.2, 0.25) is 11.8 Å². The van der Waals surface area contributed by atoms with E-state index in [0.29, 0.717) is 29.1 Å². The highest BCUT2D eigenvalue weighted by atomic mass is 35.5. The van der Waals surface area contributed by atoms with E-state index >= 15 is 0 Å².